The van der Waals surface area contributed by atoms with Crippen molar-refractivity contribution in [3.8, 4) is 5.75 Å². The molecule has 1 heterocycles. The van der Waals surface area contributed by atoms with E-state index in [1.165, 1.54) is 0 Å². The number of phenols is 1. The van der Waals surface area contributed by atoms with Gasteiger partial charge < -0.3 is 5.11 Å². The Hall–Kier alpha value is -0.800. The number of benzene rings is 1. The molecule has 4 heteroatoms. The van der Waals surface area contributed by atoms with Gasteiger partial charge >= 0.3 is 0 Å². The molecule has 1 aromatic carbocycles. The van der Waals surface area contributed by atoms with E-state index in [9.17, 15) is 5.11 Å². The molecule has 0 saturated heterocycles. The van der Waals surface area contributed by atoms with Gasteiger partial charge in [0.2, 0.25) is 0 Å². The fourth-order valence-electron chi connectivity index (χ4n) is 1.11. The van der Waals surface area contributed by atoms with E-state index in [0.717, 1.165) is 10.9 Å². The Morgan fingerprint density at radius 1 is 1.31 bits per heavy atom. The maximum absolute atomic E-state index is 9.20. The lowest BCUT2D eigenvalue weighted by molar-refractivity contribution is 0.476. The number of halogens is 2. The molecule has 0 unspecified atom stereocenters. The molecule has 1 aromatic heterocycles. The molecular weight excluding hydrogens is 253 g/mol. The molecular formula is C9H5BrClNO. The number of hydrogen-bond acceptors (Lipinski definition) is 2. The summed E-state index contributed by atoms with van der Waals surface area (Å²) in [6, 6.07) is 6.77. The summed E-state index contributed by atoms with van der Waals surface area (Å²) in [7, 11) is 0. The van der Waals surface area contributed by atoms with Crippen LogP contribution in [0.4, 0.5) is 0 Å². The minimum atomic E-state index is 0.203. The summed E-state index contributed by atoms with van der Waals surface area (Å²) in [5, 5.41) is 10.7. The van der Waals surface area contributed by atoms with Crippen molar-refractivity contribution < 1.29 is 5.11 Å². The minimum Gasteiger partial charge on any atom is -0.508 e. The third-order valence-electron chi connectivity index (χ3n) is 1.71. The van der Waals surface area contributed by atoms with Crippen LogP contribution in [-0.4, -0.2) is 10.1 Å². The zero-order chi connectivity index (χ0) is 9.42. The lowest BCUT2D eigenvalue weighted by Gasteiger charge is -2.00. The van der Waals surface area contributed by atoms with Crippen LogP contribution < -0.4 is 0 Å². The number of rotatable bonds is 0. The Bertz CT molecular complexity index is 472. The summed E-state index contributed by atoms with van der Waals surface area (Å²) >= 11 is 9.07. The van der Waals surface area contributed by atoms with Gasteiger partial charge in [-0.3, -0.25) is 0 Å². The van der Waals surface area contributed by atoms with Crippen molar-refractivity contribution in [3.05, 3.63) is 33.9 Å². The van der Waals surface area contributed by atoms with E-state index in [-0.39, 0.29) is 5.75 Å². The molecule has 0 fully saturated rings. The van der Waals surface area contributed by atoms with Gasteiger partial charge in [0.05, 0.1) is 10.5 Å². The van der Waals surface area contributed by atoms with Crippen LogP contribution in [0.2, 0.25) is 5.02 Å². The summed E-state index contributed by atoms with van der Waals surface area (Å²) in [4.78, 5) is 4.16. The van der Waals surface area contributed by atoms with Crippen molar-refractivity contribution in [2.75, 3.05) is 0 Å². The second-order valence-corrected chi connectivity index (χ2v) is 3.80. The van der Waals surface area contributed by atoms with E-state index < -0.39 is 0 Å². The second-order valence-electron chi connectivity index (χ2n) is 2.64. The highest BCUT2D eigenvalue weighted by Gasteiger charge is 2.02. The number of nitrogens with zero attached hydrogens (tertiary/aromatic N) is 1. The number of hydrogen-bond donors (Lipinski definition) is 1. The molecule has 0 spiro atoms. The molecule has 1 N–H and O–H groups in total. The third kappa shape index (κ3) is 1.62. The van der Waals surface area contributed by atoms with Crippen molar-refractivity contribution in [1.82, 2.24) is 4.98 Å². The van der Waals surface area contributed by atoms with Crippen molar-refractivity contribution in [1.29, 1.82) is 0 Å². The number of aromatic nitrogens is 1. The van der Waals surface area contributed by atoms with Crippen LogP contribution >= 0.6 is 27.5 Å². The average molecular weight is 259 g/mol. The molecule has 0 aliphatic rings. The fourth-order valence-corrected chi connectivity index (χ4v) is 1.57. The zero-order valence-corrected chi connectivity index (χ0v) is 8.80. The average Bonchev–Trinajstić information content (AvgIpc) is 2.08. The molecule has 0 saturated carbocycles. The first kappa shape index (κ1) is 8.78. The standard InChI is InChI=1S/C9H5BrClNO/c10-9-7(11)3-5-1-2-6(13)4-8(5)12-9/h1-4,13H. The number of phenolic OH excluding ortho intramolecular Hbond substituents is 1. The molecule has 2 aromatic rings. The Morgan fingerprint density at radius 2 is 2.08 bits per heavy atom. The summed E-state index contributed by atoms with van der Waals surface area (Å²) in [5.74, 6) is 0.203. The third-order valence-corrected chi connectivity index (χ3v) is 2.83. The largest absolute Gasteiger partial charge is 0.508 e. The highest BCUT2D eigenvalue weighted by molar-refractivity contribution is 9.10. The molecule has 0 atom stereocenters. The van der Waals surface area contributed by atoms with E-state index in [1.807, 2.05) is 0 Å². The topological polar surface area (TPSA) is 33.1 Å². The van der Waals surface area contributed by atoms with Gasteiger partial charge in [-0.1, -0.05) is 11.6 Å². The maximum atomic E-state index is 9.20. The van der Waals surface area contributed by atoms with E-state index >= 15 is 0 Å². The van der Waals surface area contributed by atoms with Gasteiger partial charge in [0.15, 0.2) is 0 Å². The molecule has 13 heavy (non-hydrogen) atoms. The van der Waals surface area contributed by atoms with Crippen LogP contribution in [0.1, 0.15) is 0 Å². The van der Waals surface area contributed by atoms with E-state index in [2.05, 4.69) is 20.9 Å². The van der Waals surface area contributed by atoms with E-state index in [1.54, 1.807) is 24.3 Å². The van der Waals surface area contributed by atoms with Gasteiger partial charge in [-0.2, -0.15) is 0 Å². The Morgan fingerprint density at radius 3 is 2.85 bits per heavy atom. The first-order chi connectivity index (χ1) is 6.16. The number of fused-ring (bicyclic) bond motifs is 1. The van der Waals surface area contributed by atoms with Crippen LogP contribution in [0.15, 0.2) is 28.9 Å². The van der Waals surface area contributed by atoms with Gasteiger partial charge in [0, 0.05) is 11.5 Å². The van der Waals surface area contributed by atoms with Crippen molar-refractivity contribution >= 4 is 38.4 Å². The van der Waals surface area contributed by atoms with E-state index in [4.69, 9.17) is 11.6 Å². The summed E-state index contributed by atoms with van der Waals surface area (Å²) in [5.41, 5.74) is 0.719. The van der Waals surface area contributed by atoms with Crippen LogP contribution in [0.5, 0.6) is 5.75 Å². The summed E-state index contributed by atoms with van der Waals surface area (Å²) < 4.78 is 0.590. The Labute approximate surface area is 88.3 Å². The highest BCUT2D eigenvalue weighted by Crippen LogP contribution is 2.26. The normalized spacial score (nSPS) is 10.6. The minimum absolute atomic E-state index is 0.203. The van der Waals surface area contributed by atoms with Crippen molar-refractivity contribution in [2.24, 2.45) is 0 Å². The molecule has 2 nitrogen and oxygen atoms in total. The van der Waals surface area contributed by atoms with Gasteiger partial charge in [0.1, 0.15) is 10.4 Å². The van der Waals surface area contributed by atoms with Crippen LogP contribution in [0.25, 0.3) is 10.9 Å². The predicted octanol–water partition coefficient (Wildman–Crippen LogP) is 3.36. The smallest absolute Gasteiger partial charge is 0.125 e. The molecule has 0 amide bonds. The molecule has 0 aliphatic heterocycles. The van der Waals surface area contributed by atoms with Crippen LogP contribution in [0.3, 0.4) is 0 Å². The van der Waals surface area contributed by atoms with Gasteiger partial charge in [-0.25, -0.2) is 4.98 Å². The maximum Gasteiger partial charge on any atom is 0.125 e. The Balaban J connectivity index is 2.81. The lowest BCUT2D eigenvalue weighted by atomic mass is 10.2. The first-order valence-electron chi connectivity index (χ1n) is 3.61. The van der Waals surface area contributed by atoms with E-state index in [0.29, 0.717) is 9.63 Å². The van der Waals surface area contributed by atoms with Gasteiger partial charge in [-0.15, -0.1) is 0 Å². The van der Waals surface area contributed by atoms with Crippen molar-refractivity contribution in [3.63, 3.8) is 0 Å². The van der Waals surface area contributed by atoms with Gasteiger partial charge in [0.25, 0.3) is 0 Å². The molecule has 0 aliphatic carbocycles. The second kappa shape index (κ2) is 3.16. The highest BCUT2D eigenvalue weighted by atomic mass is 79.9. The number of aromatic hydroxyl groups is 1. The first-order valence-corrected chi connectivity index (χ1v) is 4.79. The fraction of sp³-hybridized carbons (Fsp3) is 0. The Kier molecular flexibility index (Phi) is 2.14. The molecule has 2 rings (SSSR count). The molecule has 0 radical (unpaired) electrons. The van der Waals surface area contributed by atoms with Crippen LogP contribution in [0, 0.1) is 0 Å². The van der Waals surface area contributed by atoms with Crippen molar-refractivity contribution in [2.45, 2.75) is 0 Å². The van der Waals surface area contributed by atoms with Crippen LogP contribution in [-0.2, 0) is 0 Å². The summed E-state index contributed by atoms with van der Waals surface area (Å²) in [6.45, 7) is 0. The molecule has 0 bridgehead atoms. The summed E-state index contributed by atoms with van der Waals surface area (Å²) in [6.07, 6.45) is 0. The predicted molar refractivity (Wildman–Crippen MR) is 56.1 cm³/mol. The molecule has 66 valence electrons. The van der Waals surface area contributed by atoms with Gasteiger partial charge in [-0.05, 0) is 34.1 Å². The lowest BCUT2D eigenvalue weighted by Crippen LogP contribution is -1.81. The zero-order valence-electron chi connectivity index (χ0n) is 6.46. The SMILES string of the molecule is Oc1ccc2cc(Cl)c(Br)nc2c1. The quantitative estimate of drug-likeness (QED) is 0.735. The number of pyridine rings is 1. The monoisotopic (exact) mass is 257 g/mol.